The lowest BCUT2D eigenvalue weighted by Gasteiger charge is -2.43. The van der Waals surface area contributed by atoms with Gasteiger partial charge in [-0.2, -0.15) is 0 Å². The van der Waals surface area contributed by atoms with Crippen molar-refractivity contribution >= 4 is 11.6 Å². The fraction of sp³-hybridized carbons (Fsp3) is 0.650. The second-order valence-corrected chi connectivity index (χ2v) is 8.11. The second-order valence-electron chi connectivity index (χ2n) is 8.11. The van der Waals surface area contributed by atoms with Gasteiger partial charge in [0.25, 0.3) is 0 Å². The number of β-amino-alcohol motifs (C(OH)–C–C–N with tert-alkyl or cyclic N) is 1. The van der Waals surface area contributed by atoms with E-state index in [-0.39, 0.29) is 11.9 Å². The fourth-order valence-corrected chi connectivity index (χ4v) is 3.96. The van der Waals surface area contributed by atoms with Gasteiger partial charge in [0, 0.05) is 45.0 Å². The van der Waals surface area contributed by atoms with Gasteiger partial charge >= 0.3 is 0 Å². The first kappa shape index (κ1) is 18.4. The number of nitrogens with zero attached hydrogens (tertiary/aromatic N) is 3. The Bertz CT molecular complexity index is 586. The van der Waals surface area contributed by atoms with E-state index in [9.17, 15) is 9.90 Å². The average Bonchev–Trinajstić information content (AvgIpc) is 2.56. The molecular weight excluding hydrogens is 314 g/mol. The second kappa shape index (κ2) is 7.44. The molecule has 1 atom stereocenters. The van der Waals surface area contributed by atoms with Crippen LogP contribution in [0, 0.1) is 6.92 Å². The number of piperazine rings is 1. The van der Waals surface area contributed by atoms with Crippen molar-refractivity contribution in [2.24, 2.45) is 0 Å². The number of amides is 1. The molecule has 138 valence electrons. The van der Waals surface area contributed by atoms with Gasteiger partial charge in [-0.3, -0.25) is 14.6 Å². The standard InChI is InChI=1S/C20H31N3O2/c1-16-6-8-17(9-7-16)23-10-4-5-18(19(23)24)22-13-11-21(12-14-22)15-20(2,3)25/h6-9,18,25H,4-5,10-15H2,1-3H3/t18-/m1/s1. The smallest absolute Gasteiger partial charge is 0.244 e. The van der Waals surface area contributed by atoms with Crippen LogP contribution in [0.15, 0.2) is 24.3 Å². The van der Waals surface area contributed by atoms with Gasteiger partial charge in [0.1, 0.15) is 0 Å². The molecule has 2 aliphatic heterocycles. The number of anilines is 1. The minimum Gasteiger partial charge on any atom is -0.389 e. The maximum absolute atomic E-state index is 13.1. The summed E-state index contributed by atoms with van der Waals surface area (Å²) >= 11 is 0. The lowest BCUT2D eigenvalue weighted by Crippen LogP contribution is -2.58. The van der Waals surface area contributed by atoms with Crippen LogP contribution in [0.25, 0.3) is 0 Å². The largest absolute Gasteiger partial charge is 0.389 e. The van der Waals surface area contributed by atoms with Crippen LogP contribution in [-0.2, 0) is 4.79 Å². The van der Waals surface area contributed by atoms with Gasteiger partial charge in [0.05, 0.1) is 11.6 Å². The van der Waals surface area contributed by atoms with Gasteiger partial charge in [-0.15, -0.1) is 0 Å². The van der Waals surface area contributed by atoms with E-state index < -0.39 is 5.60 Å². The Balaban J connectivity index is 1.61. The van der Waals surface area contributed by atoms with Crippen LogP contribution in [0.3, 0.4) is 0 Å². The highest BCUT2D eigenvalue weighted by molar-refractivity contribution is 5.97. The monoisotopic (exact) mass is 345 g/mol. The van der Waals surface area contributed by atoms with E-state index in [1.807, 2.05) is 18.7 Å². The Hall–Kier alpha value is -1.43. The summed E-state index contributed by atoms with van der Waals surface area (Å²) in [5.74, 6) is 0.242. The van der Waals surface area contributed by atoms with Crippen LogP contribution in [-0.4, -0.2) is 71.7 Å². The SMILES string of the molecule is Cc1ccc(N2CCC[C@@H](N3CCN(CC(C)(C)O)CC3)C2=O)cc1. The van der Waals surface area contributed by atoms with E-state index >= 15 is 0 Å². The number of hydrogen-bond donors (Lipinski definition) is 1. The number of rotatable bonds is 4. The zero-order valence-electron chi connectivity index (χ0n) is 15.7. The molecule has 5 heteroatoms. The van der Waals surface area contributed by atoms with Gasteiger partial charge in [-0.25, -0.2) is 0 Å². The van der Waals surface area contributed by atoms with Crippen LogP contribution >= 0.6 is 0 Å². The molecule has 0 radical (unpaired) electrons. The molecule has 2 fully saturated rings. The van der Waals surface area contributed by atoms with E-state index in [4.69, 9.17) is 0 Å². The van der Waals surface area contributed by atoms with Crippen molar-refractivity contribution in [2.75, 3.05) is 44.2 Å². The van der Waals surface area contributed by atoms with E-state index in [0.717, 1.165) is 51.3 Å². The van der Waals surface area contributed by atoms with Crippen molar-refractivity contribution < 1.29 is 9.90 Å². The number of aryl methyl sites for hydroxylation is 1. The Morgan fingerprint density at radius 2 is 1.72 bits per heavy atom. The molecule has 1 aromatic carbocycles. The highest BCUT2D eigenvalue weighted by atomic mass is 16.3. The molecule has 3 rings (SSSR count). The molecule has 0 aromatic heterocycles. The number of hydrogen-bond acceptors (Lipinski definition) is 4. The third kappa shape index (κ3) is 4.60. The van der Waals surface area contributed by atoms with E-state index in [0.29, 0.717) is 6.54 Å². The molecule has 1 amide bonds. The minimum absolute atomic E-state index is 0.000611. The first-order valence-corrected chi connectivity index (χ1v) is 9.40. The summed E-state index contributed by atoms with van der Waals surface area (Å²) in [6.45, 7) is 10.9. The minimum atomic E-state index is -0.662. The normalized spacial score (nSPS) is 23.9. The van der Waals surface area contributed by atoms with Gasteiger partial charge in [-0.05, 0) is 45.7 Å². The number of carbonyl (C=O) groups is 1. The summed E-state index contributed by atoms with van der Waals surface area (Å²) in [4.78, 5) is 19.6. The number of benzene rings is 1. The summed E-state index contributed by atoms with van der Waals surface area (Å²) in [5, 5.41) is 9.99. The third-order valence-corrected chi connectivity index (χ3v) is 5.21. The van der Waals surface area contributed by atoms with Crippen LogP contribution < -0.4 is 4.90 Å². The fourth-order valence-electron chi connectivity index (χ4n) is 3.96. The van der Waals surface area contributed by atoms with Crippen molar-refractivity contribution in [2.45, 2.75) is 45.3 Å². The van der Waals surface area contributed by atoms with Crippen LogP contribution in [0.2, 0.25) is 0 Å². The van der Waals surface area contributed by atoms with Gasteiger partial charge in [-0.1, -0.05) is 17.7 Å². The van der Waals surface area contributed by atoms with Gasteiger partial charge in [0.2, 0.25) is 5.91 Å². The molecule has 0 spiro atoms. The number of aliphatic hydroxyl groups is 1. The maximum Gasteiger partial charge on any atom is 0.244 e. The molecule has 2 heterocycles. The molecule has 1 N–H and O–H groups in total. The number of piperidine rings is 1. The van der Waals surface area contributed by atoms with Crippen molar-refractivity contribution in [3.63, 3.8) is 0 Å². The zero-order valence-corrected chi connectivity index (χ0v) is 15.7. The van der Waals surface area contributed by atoms with Crippen LogP contribution in [0.5, 0.6) is 0 Å². The Labute approximate surface area is 151 Å². The van der Waals surface area contributed by atoms with E-state index in [2.05, 4.69) is 41.0 Å². The highest BCUT2D eigenvalue weighted by Gasteiger charge is 2.35. The summed E-state index contributed by atoms with van der Waals surface area (Å²) < 4.78 is 0. The summed E-state index contributed by atoms with van der Waals surface area (Å²) in [6, 6.07) is 8.25. The summed E-state index contributed by atoms with van der Waals surface area (Å²) in [7, 11) is 0. The molecule has 0 saturated carbocycles. The first-order chi connectivity index (χ1) is 11.8. The molecule has 0 bridgehead atoms. The quantitative estimate of drug-likeness (QED) is 0.905. The molecule has 0 aliphatic carbocycles. The van der Waals surface area contributed by atoms with Crippen LogP contribution in [0.4, 0.5) is 5.69 Å². The Kier molecular flexibility index (Phi) is 5.46. The van der Waals surface area contributed by atoms with Gasteiger partial charge < -0.3 is 10.0 Å². The average molecular weight is 345 g/mol. The lowest BCUT2D eigenvalue weighted by atomic mass is 10.0. The Morgan fingerprint density at radius 3 is 2.32 bits per heavy atom. The van der Waals surface area contributed by atoms with E-state index in [1.54, 1.807) is 0 Å². The molecule has 1 aromatic rings. The first-order valence-electron chi connectivity index (χ1n) is 9.40. The molecule has 5 nitrogen and oxygen atoms in total. The zero-order chi connectivity index (χ0) is 18.0. The van der Waals surface area contributed by atoms with Crippen molar-refractivity contribution in [1.29, 1.82) is 0 Å². The highest BCUT2D eigenvalue weighted by Crippen LogP contribution is 2.25. The van der Waals surface area contributed by atoms with E-state index in [1.165, 1.54) is 5.56 Å². The molecule has 0 unspecified atom stereocenters. The molecular formula is C20H31N3O2. The van der Waals surface area contributed by atoms with Crippen molar-refractivity contribution in [3.8, 4) is 0 Å². The predicted octanol–water partition coefficient (Wildman–Crippen LogP) is 1.88. The third-order valence-electron chi connectivity index (χ3n) is 5.21. The molecule has 2 aliphatic rings. The Morgan fingerprint density at radius 1 is 1.08 bits per heavy atom. The number of carbonyl (C=O) groups excluding carboxylic acids is 1. The maximum atomic E-state index is 13.1. The summed E-state index contributed by atoms with van der Waals surface area (Å²) in [5.41, 5.74) is 1.57. The topological polar surface area (TPSA) is 47.0 Å². The van der Waals surface area contributed by atoms with Gasteiger partial charge in [0.15, 0.2) is 0 Å². The molecule has 25 heavy (non-hydrogen) atoms. The van der Waals surface area contributed by atoms with Crippen LogP contribution in [0.1, 0.15) is 32.3 Å². The lowest BCUT2D eigenvalue weighted by molar-refractivity contribution is -0.126. The van der Waals surface area contributed by atoms with Crippen molar-refractivity contribution in [3.05, 3.63) is 29.8 Å². The summed E-state index contributed by atoms with van der Waals surface area (Å²) in [6.07, 6.45) is 2.00. The molecule has 2 saturated heterocycles. The van der Waals surface area contributed by atoms with Crippen molar-refractivity contribution in [1.82, 2.24) is 9.80 Å². The predicted molar refractivity (Wildman–Crippen MR) is 101 cm³/mol.